The van der Waals surface area contributed by atoms with Gasteiger partial charge in [-0.25, -0.2) is 0 Å². The van der Waals surface area contributed by atoms with E-state index in [0.717, 1.165) is 19.6 Å². The van der Waals surface area contributed by atoms with Gasteiger partial charge in [-0.3, -0.25) is 0 Å². The zero-order chi connectivity index (χ0) is 12.2. The molecule has 2 heterocycles. The average Bonchev–Trinajstić information content (AvgIpc) is 2.46. The maximum absolute atomic E-state index is 5.93. The Hall–Kier alpha value is -0.510. The van der Waals surface area contributed by atoms with Gasteiger partial charge in [0, 0.05) is 18.3 Å². The van der Waals surface area contributed by atoms with Crippen molar-refractivity contribution in [2.24, 2.45) is 0 Å². The largest absolute Gasteiger partial charge is 0.372 e. The Labute approximate surface area is 113 Å². The van der Waals surface area contributed by atoms with Crippen molar-refractivity contribution in [3.8, 4) is 0 Å². The van der Waals surface area contributed by atoms with Crippen molar-refractivity contribution in [2.75, 3.05) is 24.7 Å². The highest BCUT2D eigenvalue weighted by Crippen LogP contribution is 2.26. The van der Waals surface area contributed by atoms with E-state index < -0.39 is 0 Å². The lowest BCUT2D eigenvalue weighted by atomic mass is 9.97. The van der Waals surface area contributed by atoms with Crippen molar-refractivity contribution in [1.29, 1.82) is 0 Å². The third-order valence-electron chi connectivity index (χ3n) is 3.84. The molecule has 2 aliphatic heterocycles. The molecule has 1 aromatic carbocycles. The molecule has 18 heavy (non-hydrogen) atoms. The molecule has 0 saturated carbocycles. The quantitative estimate of drug-likeness (QED) is 0.906. The molecule has 0 amide bonds. The molecular formula is C15H21NOS. The molecule has 0 aromatic heterocycles. The predicted octanol–water partition coefficient (Wildman–Crippen LogP) is 2.79. The summed E-state index contributed by atoms with van der Waals surface area (Å²) in [6.07, 6.45) is 3.99. The molecule has 2 unspecified atom stereocenters. The minimum Gasteiger partial charge on any atom is -0.372 e. The van der Waals surface area contributed by atoms with Crippen LogP contribution in [0.2, 0.25) is 0 Å². The van der Waals surface area contributed by atoms with Crippen molar-refractivity contribution < 1.29 is 4.74 Å². The van der Waals surface area contributed by atoms with Crippen molar-refractivity contribution in [3.05, 3.63) is 35.4 Å². The summed E-state index contributed by atoms with van der Waals surface area (Å²) in [4.78, 5) is 0. The van der Waals surface area contributed by atoms with Crippen LogP contribution in [-0.4, -0.2) is 30.7 Å². The van der Waals surface area contributed by atoms with E-state index in [1.807, 2.05) is 0 Å². The highest BCUT2D eigenvalue weighted by atomic mass is 32.2. The molecule has 1 N–H and O–H groups in total. The average molecular weight is 263 g/mol. The second kappa shape index (κ2) is 6.09. The monoisotopic (exact) mass is 263 g/mol. The molecule has 1 aromatic rings. The van der Waals surface area contributed by atoms with Gasteiger partial charge in [-0.15, -0.1) is 0 Å². The molecule has 3 heteroatoms. The number of benzene rings is 1. The first-order chi connectivity index (χ1) is 8.93. The first kappa shape index (κ1) is 12.5. The molecule has 3 rings (SSSR count). The first-order valence-corrected chi connectivity index (χ1v) is 8.09. The normalized spacial score (nSPS) is 27.8. The predicted molar refractivity (Wildman–Crippen MR) is 77.2 cm³/mol. The van der Waals surface area contributed by atoms with Crippen LogP contribution in [0, 0.1) is 0 Å². The molecule has 98 valence electrons. The van der Waals surface area contributed by atoms with Gasteiger partial charge < -0.3 is 10.1 Å². The maximum Gasteiger partial charge on any atom is 0.0952 e. The molecule has 0 spiro atoms. The standard InChI is InChI=1S/C15H21NOS/c1-2-6-14-12(4-1)7-8-17-15(14)10-16-13-5-3-9-18-11-13/h1-2,4,6,13,15-16H,3,5,7-11H2. The van der Waals surface area contributed by atoms with Crippen LogP contribution in [0.3, 0.4) is 0 Å². The lowest BCUT2D eigenvalue weighted by molar-refractivity contribution is 0.0408. The van der Waals surface area contributed by atoms with Crippen molar-refractivity contribution in [3.63, 3.8) is 0 Å². The number of ether oxygens (including phenoxy) is 1. The van der Waals surface area contributed by atoms with Gasteiger partial charge >= 0.3 is 0 Å². The van der Waals surface area contributed by atoms with Crippen molar-refractivity contribution in [1.82, 2.24) is 5.32 Å². The summed E-state index contributed by atoms with van der Waals surface area (Å²) in [5, 5.41) is 3.69. The van der Waals surface area contributed by atoms with Gasteiger partial charge in [-0.2, -0.15) is 11.8 Å². The van der Waals surface area contributed by atoms with Crippen LogP contribution < -0.4 is 5.32 Å². The van der Waals surface area contributed by atoms with Crippen LogP contribution in [0.5, 0.6) is 0 Å². The van der Waals surface area contributed by atoms with E-state index in [2.05, 4.69) is 41.3 Å². The zero-order valence-electron chi connectivity index (χ0n) is 10.7. The van der Waals surface area contributed by atoms with E-state index in [1.165, 1.54) is 35.5 Å². The molecule has 0 aliphatic carbocycles. The number of rotatable bonds is 3. The highest BCUT2D eigenvalue weighted by molar-refractivity contribution is 7.99. The third-order valence-corrected chi connectivity index (χ3v) is 5.06. The molecule has 2 atom stereocenters. The number of nitrogens with one attached hydrogen (secondary N) is 1. The van der Waals surface area contributed by atoms with Crippen molar-refractivity contribution in [2.45, 2.75) is 31.4 Å². The Balaban J connectivity index is 1.60. The van der Waals surface area contributed by atoms with Gasteiger partial charge in [0.05, 0.1) is 12.7 Å². The molecule has 2 aliphatic rings. The van der Waals surface area contributed by atoms with E-state index in [9.17, 15) is 0 Å². The lowest BCUT2D eigenvalue weighted by Crippen LogP contribution is -2.38. The summed E-state index contributed by atoms with van der Waals surface area (Å²) in [5.41, 5.74) is 2.85. The van der Waals surface area contributed by atoms with Gasteiger partial charge in [0.15, 0.2) is 0 Å². The van der Waals surface area contributed by atoms with Crippen LogP contribution in [-0.2, 0) is 11.2 Å². The first-order valence-electron chi connectivity index (χ1n) is 6.94. The van der Waals surface area contributed by atoms with Gasteiger partial charge in [0.2, 0.25) is 0 Å². The van der Waals surface area contributed by atoms with Crippen LogP contribution >= 0.6 is 11.8 Å². The summed E-state index contributed by atoms with van der Waals surface area (Å²) in [6.45, 7) is 1.82. The minimum absolute atomic E-state index is 0.252. The second-order valence-electron chi connectivity index (χ2n) is 5.13. The Bertz CT molecular complexity index is 390. The highest BCUT2D eigenvalue weighted by Gasteiger charge is 2.22. The molecular weight excluding hydrogens is 242 g/mol. The minimum atomic E-state index is 0.252. The number of fused-ring (bicyclic) bond motifs is 1. The second-order valence-corrected chi connectivity index (χ2v) is 6.28. The number of hydrogen-bond acceptors (Lipinski definition) is 3. The Kier molecular flexibility index (Phi) is 4.24. The summed E-state index contributed by atoms with van der Waals surface area (Å²) in [5.74, 6) is 2.59. The fraction of sp³-hybridized carbons (Fsp3) is 0.600. The van der Waals surface area contributed by atoms with Gasteiger partial charge in [-0.1, -0.05) is 24.3 Å². The smallest absolute Gasteiger partial charge is 0.0952 e. The molecule has 1 fully saturated rings. The Morgan fingerprint density at radius 1 is 1.33 bits per heavy atom. The van der Waals surface area contributed by atoms with Gasteiger partial charge in [0.25, 0.3) is 0 Å². The molecule has 1 saturated heterocycles. The lowest BCUT2D eigenvalue weighted by Gasteiger charge is -2.29. The Morgan fingerprint density at radius 3 is 3.17 bits per heavy atom. The van der Waals surface area contributed by atoms with E-state index in [0.29, 0.717) is 6.04 Å². The molecule has 0 bridgehead atoms. The summed E-state index contributed by atoms with van der Waals surface area (Å²) >= 11 is 2.07. The van der Waals surface area contributed by atoms with Gasteiger partial charge in [0.1, 0.15) is 0 Å². The van der Waals surface area contributed by atoms with E-state index in [1.54, 1.807) is 0 Å². The van der Waals surface area contributed by atoms with E-state index >= 15 is 0 Å². The maximum atomic E-state index is 5.93. The third kappa shape index (κ3) is 2.90. The van der Waals surface area contributed by atoms with E-state index in [-0.39, 0.29) is 6.10 Å². The fourth-order valence-electron chi connectivity index (χ4n) is 2.82. The van der Waals surface area contributed by atoms with Crippen LogP contribution in [0.1, 0.15) is 30.1 Å². The topological polar surface area (TPSA) is 21.3 Å². The number of thioether (sulfide) groups is 1. The molecule has 0 radical (unpaired) electrons. The zero-order valence-corrected chi connectivity index (χ0v) is 11.5. The number of hydrogen-bond donors (Lipinski definition) is 1. The fourth-order valence-corrected chi connectivity index (χ4v) is 3.93. The SMILES string of the molecule is c1ccc2c(c1)CCOC2CNC1CCCSC1. The van der Waals surface area contributed by atoms with Gasteiger partial charge in [-0.05, 0) is 36.1 Å². The molecule has 2 nitrogen and oxygen atoms in total. The van der Waals surface area contributed by atoms with Crippen molar-refractivity contribution >= 4 is 11.8 Å². The Morgan fingerprint density at radius 2 is 2.28 bits per heavy atom. The van der Waals surface area contributed by atoms with Crippen LogP contribution in [0.25, 0.3) is 0 Å². The summed E-state index contributed by atoms with van der Waals surface area (Å²) < 4.78 is 5.93. The van der Waals surface area contributed by atoms with Crippen LogP contribution in [0.15, 0.2) is 24.3 Å². The summed E-state index contributed by atoms with van der Waals surface area (Å²) in [7, 11) is 0. The summed E-state index contributed by atoms with van der Waals surface area (Å²) in [6, 6.07) is 9.39. The van der Waals surface area contributed by atoms with Crippen LogP contribution in [0.4, 0.5) is 0 Å². The van der Waals surface area contributed by atoms with E-state index in [4.69, 9.17) is 4.74 Å².